The summed E-state index contributed by atoms with van der Waals surface area (Å²) in [5.41, 5.74) is 2.86. The van der Waals surface area contributed by atoms with Gasteiger partial charge in [-0.05, 0) is 12.1 Å². The molecule has 0 aliphatic heterocycles. The van der Waals surface area contributed by atoms with Gasteiger partial charge in [0.1, 0.15) is 0 Å². The van der Waals surface area contributed by atoms with Crippen molar-refractivity contribution in [3.63, 3.8) is 0 Å². The van der Waals surface area contributed by atoms with E-state index in [1.165, 1.54) is 5.01 Å². The minimum atomic E-state index is -0.547. The van der Waals surface area contributed by atoms with Crippen LogP contribution in [0.5, 0.6) is 0 Å². The van der Waals surface area contributed by atoms with Crippen LogP contribution in [0.1, 0.15) is 10.4 Å². The summed E-state index contributed by atoms with van der Waals surface area (Å²) in [7, 11) is 3.32. The molecule has 0 radical (unpaired) electrons. The number of urea groups is 1. The lowest BCUT2D eigenvalue weighted by Gasteiger charge is -2.11. The number of hydrogen-bond acceptors (Lipinski definition) is 3. The molecule has 0 heterocycles. The van der Waals surface area contributed by atoms with Gasteiger partial charge in [0, 0.05) is 19.7 Å². The van der Waals surface area contributed by atoms with Gasteiger partial charge in [-0.15, -0.1) is 0 Å². The Morgan fingerprint density at radius 3 is 2.27 bits per heavy atom. The van der Waals surface area contributed by atoms with E-state index in [2.05, 4.69) is 10.7 Å². The van der Waals surface area contributed by atoms with Crippen LogP contribution in [0.4, 0.5) is 4.79 Å². The van der Waals surface area contributed by atoms with Gasteiger partial charge < -0.3 is 0 Å². The number of nitrogens with zero attached hydrogens (tertiary/aromatic N) is 1. The lowest BCUT2D eigenvalue weighted by Crippen LogP contribution is -2.45. The molecule has 3 amide bonds. The molecule has 0 aliphatic rings. The maximum atomic E-state index is 11.4. The first-order chi connectivity index (χ1) is 7.09. The topological polar surface area (TPSA) is 61.4 Å². The highest BCUT2D eigenvalue weighted by molar-refractivity contribution is 6.04. The van der Waals surface area contributed by atoms with E-state index in [0.717, 1.165) is 0 Å². The quantitative estimate of drug-likeness (QED) is 0.698. The van der Waals surface area contributed by atoms with Crippen molar-refractivity contribution in [3.8, 4) is 0 Å². The highest BCUT2D eigenvalue weighted by Crippen LogP contribution is 1.97. The Kier molecular flexibility index (Phi) is 3.82. The summed E-state index contributed by atoms with van der Waals surface area (Å²) in [5, 5.41) is 3.65. The van der Waals surface area contributed by atoms with Crippen LogP contribution in [0.2, 0.25) is 0 Å². The summed E-state index contributed by atoms with van der Waals surface area (Å²) in [6.07, 6.45) is 0. The van der Waals surface area contributed by atoms with Gasteiger partial charge >= 0.3 is 6.03 Å². The fourth-order valence-electron chi connectivity index (χ4n) is 0.996. The molecule has 0 fully saturated rings. The first-order valence-corrected chi connectivity index (χ1v) is 4.44. The molecule has 0 saturated heterocycles. The summed E-state index contributed by atoms with van der Waals surface area (Å²) in [6.45, 7) is 0. The fourth-order valence-corrected chi connectivity index (χ4v) is 0.996. The Morgan fingerprint density at radius 1 is 1.13 bits per heavy atom. The van der Waals surface area contributed by atoms with E-state index in [-0.39, 0.29) is 0 Å². The number of hydrazine groups is 1. The Balaban J connectivity index is 2.53. The SMILES string of the molecule is CN(C)NC(=O)NC(=O)c1ccccc1. The van der Waals surface area contributed by atoms with Crippen molar-refractivity contribution in [1.82, 2.24) is 15.8 Å². The Labute approximate surface area is 88.0 Å². The van der Waals surface area contributed by atoms with E-state index in [0.29, 0.717) is 5.56 Å². The smallest absolute Gasteiger partial charge is 0.273 e. The van der Waals surface area contributed by atoms with Gasteiger partial charge in [-0.25, -0.2) is 9.80 Å². The highest BCUT2D eigenvalue weighted by Gasteiger charge is 2.09. The number of carbonyl (C=O) groups is 2. The van der Waals surface area contributed by atoms with Crippen LogP contribution in [0.3, 0.4) is 0 Å². The summed E-state index contributed by atoms with van der Waals surface area (Å²) in [6, 6.07) is 8.00. The third kappa shape index (κ3) is 3.78. The van der Waals surface area contributed by atoms with E-state index in [4.69, 9.17) is 0 Å². The van der Waals surface area contributed by atoms with Gasteiger partial charge in [-0.3, -0.25) is 15.5 Å². The summed E-state index contributed by atoms with van der Waals surface area (Å²) >= 11 is 0. The maximum absolute atomic E-state index is 11.4. The molecule has 15 heavy (non-hydrogen) atoms. The molecule has 80 valence electrons. The zero-order valence-electron chi connectivity index (χ0n) is 8.65. The lowest BCUT2D eigenvalue weighted by molar-refractivity contribution is 0.0959. The van der Waals surface area contributed by atoms with Crippen LogP contribution in [-0.4, -0.2) is 31.0 Å². The predicted molar refractivity (Wildman–Crippen MR) is 56.1 cm³/mol. The van der Waals surface area contributed by atoms with Crippen molar-refractivity contribution in [2.24, 2.45) is 0 Å². The second-order valence-electron chi connectivity index (χ2n) is 3.16. The van der Waals surface area contributed by atoms with Crippen molar-refractivity contribution in [1.29, 1.82) is 0 Å². The molecule has 2 N–H and O–H groups in total. The molecule has 0 atom stereocenters. The third-order valence-electron chi connectivity index (χ3n) is 1.59. The number of amides is 3. The molecule has 0 saturated carbocycles. The van der Waals surface area contributed by atoms with Crippen LogP contribution >= 0.6 is 0 Å². The van der Waals surface area contributed by atoms with Gasteiger partial charge in [-0.1, -0.05) is 18.2 Å². The van der Waals surface area contributed by atoms with E-state index >= 15 is 0 Å². The number of carbonyl (C=O) groups excluding carboxylic acids is 2. The Hall–Kier alpha value is -1.88. The summed E-state index contributed by atoms with van der Waals surface area (Å²) in [5.74, 6) is -0.421. The van der Waals surface area contributed by atoms with Crippen molar-refractivity contribution < 1.29 is 9.59 Å². The second kappa shape index (κ2) is 5.11. The standard InChI is InChI=1S/C10H13N3O2/c1-13(2)12-10(15)11-9(14)8-6-4-3-5-7-8/h3-7H,1-2H3,(H2,11,12,14,15). The first-order valence-electron chi connectivity index (χ1n) is 4.44. The van der Waals surface area contributed by atoms with Crippen LogP contribution in [0, 0.1) is 0 Å². The number of rotatable bonds is 2. The van der Waals surface area contributed by atoms with Gasteiger partial charge in [0.05, 0.1) is 0 Å². The van der Waals surface area contributed by atoms with Crippen molar-refractivity contribution >= 4 is 11.9 Å². The third-order valence-corrected chi connectivity index (χ3v) is 1.59. The second-order valence-corrected chi connectivity index (χ2v) is 3.16. The largest absolute Gasteiger partial charge is 0.336 e. The fraction of sp³-hybridized carbons (Fsp3) is 0.200. The van der Waals surface area contributed by atoms with Gasteiger partial charge in [-0.2, -0.15) is 0 Å². The van der Waals surface area contributed by atoms with Crippen molar-refractivity contribution in [2.45, 2.75) is 0 Å². The Bertz CT molecular complexity index is 349. The molecule has 5 heteroatoms. The molecule has 0 spiro atoms. The monoisotopic (exact) mass is 207 g/mol. The number of nitrogens with one attached hydrogen (secondary N) is 2. The average molecular weight is 207 g/mol. The van der Waals surface area contributed by atoms with Crippen LogP contribution in [0.25, 0.3) is 0 Å². The summed E-state index contributed by atoms with van der Waals surface area (Å²) in [4.78, 5) is 22.6. The van der Waals surface area contributed by atoms with E-state index in [9.17, 15) is 9.59 Å². The van der Waals surface area contributed by atoms with Crippen LogP contribution in [-0.2, 0) is 0 Å². The van der Waals surface area contributed by atoms with Crippen molar-refractivity contribution in [2.75, 3.05) is 14.1 Å². The number of imide groups is 1. The molecule has 0 unspecified atom stereocenters. The minimum absolute atomic E-state index is 0.421. The van der Waals surface area contributed by atoms with Crippen molar-refractivity contribution in [3.05, 3.63) is 35.9 Å². The molecule has 5 nitrogen and oxygen atoms in total. The molecule has 0 aliphatic carbocycles. The number of hydrogen-bond donors (Lipinski definition) is 2. The van der Waals surface area contributed by atoms with E-state index < -0.39 is 11.9 Å². The zero-order valence-corrected chi connectivity index (χ0v) is 8.65. The molecule has 0 aromatic heterocycles. The predicted octanol–water partition coefficient (Wildman–Crippen LogP) is 0.603. The van der Waals surface area contributed by atoms with Crippen LogP contribution in [0.15, 0.2) is 30.3 Å². The molecule has 1 aromatic rings. The highest BCUT2D eigenvalue weighted by atomic mass is 16.2. The zero-order chi connectivity index (χ0) is 11.3. The normalized spacial score (nSPS) is 9.80. The molecular formula is C10H13N3O2. The number of benzene rings is 1. The maximum Gasteiger partial charge on any atom is 0.336 e. The van der Waals surface area contributed by atoms with E-state index in [1.54, 1.807) is 44.4 Å². The lowest BCUT2D eigenvalue weighted by atomic mass is 10.2. The van der Waals surface area contributed by atoms with Gasteiger partial charge in [0.2, 0.25) is 0 Å². The average Bonchev–Trinajstić information content (AvgIpc) is 2.17. The first kappa shape index (κ1) is 11.2. The van der Waals surface area contributed by atoms with E-state index in [1.807, 2.05) is 0 Å². The minimum Gasteiger partial charge on any atom is -0.273 e. The summed E-state index contributed by atoms with van der Waals surface area (Å²) < 4.78 is 0. The molecule has 0 bridgehead atoms. The van der Waals surface area contributed by atoms with Gasteiger partial charge in [0.25, 0.3) is 5.91 Å². The van der Waals surface area contributed by atoms with Gasteiger partial charge in [0.15, 0.2) is 0 Å². The molecule has 1 rings (SSSR count). The Morgan fingerprint density at radius 2 is 1.73 bits per heavy atom. The molecule has 1 aromatic carbocycles. The molecular weight excluding hydrogens is 194 g/mol. The van der Waals surface area contributed by atoms with Crippen LogP contribution < -0.4 is 10.7 Å².